The third-order valence-corrected chi connectivity index (χ3v) is 10.4. The van der Waals surface area contributed by atoms with Crippen LogP contribution in [0.1, 0.15) is 116 Å². The second-order valence-corrected chi connectivity index (χ2v) is 12.9. The Balaban J connectivity index is 1.11. The minimum Gasteiger partial charge on any atom is -0.490 e. The maximum atomic E-state index is 15.1. The molecule has 0 radical (unpaired) electrons. The second-order valence-electron chi connectivity index (χ2n) is 12.9. The van der Waals surface area contributed by atoms with Crippen molar-refractivity contribution in [2.45, 2.75) is 123 Å². The summed E-state index contributed by atoms with van der Waals surface area (Å²) in [6.07, 6.45) is 19.6. The molecular weight excluding hydrogens is 454 g/mol. The van der Waals surface area contributed by atoms with Crippen LogP contribution in [0.5, 0.6) is 11.5 Å². The van der Waals surface area contributed by atoms with Crippen LogP contribution < -0.4 is 9.47 Å². The lowest BCUT2D eigenvalue weighted by Crippen LogP contribution is -2.34. The molecule has 5 rings (SSSR count). The van der Waals surface area contributed by atoms with Crippen LogP contribution in [0.2, 0.25) is 0 Å². The van der Waals surface area contributed by atoms with Gasteiger partial charge < -0.3 is 9.47 Å². The van der Waals surface area contributed by atoms with Crippen molar-refractivity contribution in [3.63, 3.8) is 0 Å². The lowest BCUT2D eigenvalue weighted by atomic mass is 9.69. The molecule has 0 amide bonds. The number of hydrogen-bond acceptors (Lipinski definition) is 2. The smallest absolute Gasteiger partial charge is 0.204 e. The Hall–Kier alpha value is -1.32. The highest BCUT2D eigenvalue weighted by atomic mass is 19.2. The third-order valence-electron chi connectivity index (χ3n) is 10.4. The largest absolute Gasteiger partial charge is 0.490 e. The number of rotatable bonds is 7. The van der Waals surface area contributed by atoms with Gasteiger partial charge in [0.15, 0.2) is 11.5 Å². The molecule has 0 saturated heterocycles. The van der Waals surface area contributed by atoms with Crippen LogP contribution in [-0.4, -0.2) is 12.7 Å². The van der Waals surface area contributed by atoms with Gasteiger partial charge in [0.05, 0.1) is 6.61 Å². The Kier molecular flexibility index (Phi) is 8.79. The average Bonchev–Trinajstić information content (AvgIpc) is 2.91. The fraction of sp³-hybridized carbons (Fsp3) is 0.812. The van der Waals surface area contributed by atoms with Gasteiger partial charge in [0, 0.05) is 5.56 Å². The predicted octanol–water partition coefficient (Wildman–Crippen LogP) is 9.28. The summed E-state index contributed by atoms with van der Waals surface area (Å²) in [6.45, 7) is 5.10. The van der Waals surface area contributed by atoms with E-state index >= 15 is 4.39 Å². The van der Waals surface area contributed by atoms with Gasteiger partial charge in [-0.1, -0.05) is 52.4 Å². The molecule has 1 aliphatic heterocycles. The first-order valence-electron chi connectivity index (χ1n) is 15.3. The van der Waals surface area contributed by atoms with Crippen molar-refractivity contribution in [3.8, 4) is 11.5 Å². The van der Waals surface area contributed by atoms with E-state index in [-0.39, 0.29) is 17.6 Å². The van der Waals surface area contributed by atoms with E-state index < -0.39 is 11.6 Å². The van der Waals surface area contributed by atoms with Crippen LogP contribution in [0, 0.1) is 47.1 Å². The first-order valence-corrected chi connectivity index (χ1v) is 15.3. The average molecular weight is 503 g/mol. The Labute approximate surface area is 217 Å². The van der Waals surface area contributed by atoms with Gasteiger partial charge in [0.1, 0.15) is 6.10 Å². The van der Waals surface area contributed by atoms with Crippen molar-refractivity contribution < 1.29 is 18.3 Å². The molecule has 4 aliphatic rings. The van der Waals surface area contributed by atoms with Crippen LogP contribution in [0.3, 0.4) is 0 Å². The monoisotopic (exact) mass is 502 g/mol. The van der Waals surface area contributed by atoms with Crippen molar-refractivity contribution in [3.05, 3.63) is 23.3 Å². The number of halogens is 2. The van der Waals surface area contributed by atoms with E-state index in [2.05, 4.69) is 13.8 Å². The summed E-state index contributed by atoms with van der Waals surface area (Å²) in [7, 11) is 0. The van der Waals surface area contributed by atoms with Crippen LogP contribution in [0.25, 0.3) is 0 Å². The van der Waals surface area contributed by atoms with Crippen LogP contribution in [0.15, 0.2) is 6.07 Å². The molecule has 3 aliphatic carbocycles. The van der Waals surface area contributed by atoms with Gasteiger partial charge in [-0.05, 0) is 106 Å². The normalized spacial score (nSPS) is 35.1. The summed E-state index contributed by atoms with van der Waals surface area (Å²) in [4.78, 5) is 0. The van der Waals surface area contributed by atoms with E-state index in [9.17, 15) is 4.39 Å². The van der Waals surface area contributed by atoms with Crippen molar-refractivity contribution in [1.82, 2.24) is 0 Å². The summed E-state index contributed by atoms with van der Waals surface area (Å²) < 4.78 is 42.1. The highest BCUT2D eigenvalue weighted by Gasteiger charge is 2.34. The quantitative estimate of drug-likeness (QED) is 0.370. The summed E-state index contributed by atoms with van der Waals surface area (Å²) in [5.74, 6) is 2.93. The van der Waals surface area contributed by atoms with E-state index in [4.69, 9.17) is 9.47 Å². The number of aryl methyl sites for hydroxylation is 1. The lowest BCUT2D eigenvalue weighted by molar-refractivity contribution is 0.0733. The van der Waals surface area contributed by atoms with Gasteiger partial charge in [-0.25, -0.2) is 0 Å². The Morgan fingerprint density at radius 3 is 2.03 bits per heavy atom. The highest BCUT2D eigenvalue weighted by molar-refractivity contribution is 5.44. The molecular formula is C32H48F2O2. The van der Waals surface area contributed by atoms with Crippen LogP contribution in [0.4, 0.5) is 8.78 Å². The van der Waals surface area contributed by atoms with E-state index in [0.29, 0.717) is 18.4 Å². The van der Waals surface area contributed by atoms with Gasteiger partial charge in [-0.15, -0.1) is 0 Å². The van der Waals surface area contributed by atoms with E-state index in [1.807, 2.05) is 0 Å². The molecule has 1 aromatic carbocycles. The van der Waals surface area contributed by atoms with Gasteiger partial charge in [0.25, 0.3) is 0 Å². The molecule has 4 heteroatoms. The molecule has 1 atom stereocenters. The minimum absolute atomic E-state index is 0.0162. The molecule has 3 fully saturated rings. The van der Waals surface area contributed by atoms with Crippen molar-refractivity contribution in [2.24, 2.45) is 35.5 Å². The third kappa shape index (κ3) is 6.04. The van der Waals surface area contributed by atoms with Gasteiger partial charge in [-0.2, -0.15) is 8.78 Å². The van der Waals surface area contributed by atoms with E-state index in [0.717, 1.165) is 67.8 Å². The summed E-state index contributed by atoms with van der Waals surface area (Å²) >= 11 is 0. The zero-order chi connectivity index (χ0) is 25.1. The lowest BCUT2D eigenvalue weighted by Gasteiger charge is -2.38. The molecule has 2 nitrogen and oxygen atoms in total. The maximum Gasteiger partial charge on any atom is 0.204 e. The summed E-state index contributed by atoms with van der Waals surface area (Å²) in [5.41, 5.74) is 0.770. The SMILES string of the molecule is CCCC1CCC(C2CCC(COc3cc4c(c(F)c3F)OC(C3CCC(C)CC3)CC4)CC2)CC1. The molecule has 1 aromatic rings. The van der Waals surface area contributed by atoms with Crippen LogP contribution in [-0.2, 0) is 6.42 Å². The van der Waals surface area contributed by atoms with Gasteiger partial charge in [-0.3, -0.25) is 0 Å². The first kappa shape index (κ1) is 26.3. The molecule has 1 heterocycles. The van der Waals surface area contributed by atoms with Crippen LogP contribution >= 0.6 is 0 Å². The van der Waals surface area contributed by atoms with Crippen molar-refractivity contribution in [2.75, 3.05) is 6.61 Å². The summed E-state index contributed by atoms with van der Waals surface area (Å²) in [6, 6.07) is 1.72. The van der Waals surface area contributed by atoms with Crippen molar-refractivity contribution in [1.29, 1.82) is 0 Å². The molecule has 0 spiro atoms. The zero-order valence-electron chi connectivity index (χ0n) is 22.7. The van der Waals surface area contributed by atoms with Crippen molar-refractivity contribution >= 4 is 0 Å². The fourth-order valence-corrected chi connectivity index (χ4v) is 7.94. The number of benzene rings is 1. The summed E-state index contributed by atoms with van der Waals surface area (Å²) in [5, 5.41) is 0. The maximum absolute atomic E-state index is 15.1. The highest BCUT2D eigenvalue weighted by Crippen LogP contribution is 2.44. The molecule has 1 unspecified atom stereocenters. The Morgan fingerprint density at radius 1 is 0.778 bits per heavy atom. The standard InChI is InChI=1S/C32H48F2O2/c1-3-4-22-7-13-24(14-8-22)25-15-9-23(10-16-25)20-35-29-19-27-17-18-28(26-11-5-21(2)6-12-26)36-32(27)31(34)30(29)33/h19,21-26,28H,3-18,20H2,1-2H3. The molecule has 0 N–H and O–H groups in total. The Bertz CT molecular complexity index is 846. The topological polar surface area (TPSA) is 18.5 Å². The minimum atomic E-state index is -0.871. The number of hydrogen-bond donors (Lipinski definition) is 0. The van der Waals surface area contributed by atoms with Gasteiger partial charge in [0.2, 0.25) is 11.6 Å². The number of fused-ring (bicyclic) bond motifs is 1. The second kappa shape index (κ2) is 12.0. The molecule has 202 valence electrons. The number of ether oxygens (including phenoxy) is 2. The molecule has 36 heavy (non-hydrogen) atoms. The fourth-order valence-electron chi connectivity index (χ4n) is 7.94. The van der Waals surface area contributed by atoms with Gasteiger partial charge >= 0.3 is 0 Å². The predicted molar refractivity (Wildman–Crippen MR) is 142 cm³/mol. The van der Waals surface area contributed by atoms with E-state index in [1.165, 1.54) is 64.2 Å². The first-order chi connectivity index (χ1) is 17.5. The molecule has 0 bridgehead atoms. The zero-order valence-corrected chi connectivity index (χ0v) is 22.7. The molecule has 0 aromatic heterocycles. The molecule has 3 saturated carbocycles. The Morgan fingerprint density at radius 2 is 1.39 bits per heavy atom. The van der Waals surface area contributed by atoms with E-state index in [1.54, 1.807) is 6.07 Å².